The number of hydrogen-bond acceptors (Lipinski definition) is 0. The Bertz CT molecular complexity index is 819. The van der Waals surface area contributed by atoms with Crippen molar-refractivity contribution in [2.45, 2.75) is 114 Å². The number of hydrogen-bond donors (Lipinski definition) is 0. The van der Waals surface area contributed by atoms with Crippen molar-refractivity contribution >= 4 is 50.7 Å². The summed E-state index contributed by atoms with van der Waals surface area (Å²) < 4.78 is 5.88. The second kappa shape index (κ2) is 26.3. The van der Waals surface area contributed by atoms with Crippen molar-refractivity contribution in [1.29, 1.82) is 0 Å². The van der Waals surface area contributed by atoms with Crippen LogP contribution in [0, 0.1) is 0 Å². The molecular weight excluding hydrogens is 760 g/mol. The third kappa shape index (κ3) is 16.6. The molecule has 0 fully saturated rings. The molecule has 0 aliphatic heterocycles. The molecular formula is C44H76Si4Sn. The molecule has 5 heteroatoms. The first-order valence-corrected chi connectivity index (χ1v) is 38.3. The quantitative estimate of drug-likeness (QED) is 0.0436. The molecule has 0 nitrogen and oxygen atoms in total. The molecule has 0 aromatic carbocycles. The van der Waals surface area contributed by atoms with Gasteiger partial charge in [-0.2, -0.15) is 0 Å². The molecule has 0 aliphatic carbocycles. The topological polar surface area (TPSA) is 0 Å². The van der Waals surface area contributed by atoms with Gasteiger partial charge in [0.2, 0.25) is 0 Å². The summed E-state index contributed by atoms with van der Waals surface area (Å²) >= 11 is -2.92. The molecule has 0 unspecified atom stereocenters. The Morgan fingerprint density at radius 1 is 0.245 bits per heavy atom. The van der Waals surface area contributed by atoms with Gasteiger partial charge in [0.05, 0.1) is 0 Å². The number of allylic oxidation sites excluding steroid dienone is 12. The molecule has 0 aliphatic rings. The fraction of sp³-hybridized carbons (Fsp3) is 0.455. The first-order chi connectivity index (χ1) is 23.6. The standard InChI is InChI=1S/4C11H19Si.Sn/c4*1-5-9-12(8-4,10-6-2)11-7-3;/h4*5-7H,1-4,8-11H2;. The minimum absolute atomic E-state index is 1.15. The minimum atomic E-state index is -2.92. The normalized spacial score (nSPS) is 12.2. The molecule has 0 amide bonds. The van der Waals surface area contributed by atoms with Crippen LogP contribution in [0.5, 0.6) is 0 Å². The SMILES string of the molecule is C=CC[Si](CC=C)(CC=C)C[CH2][Sn]([CH2]C[Si](CC=C)(CC=C)CC=C)([CH2]C[Si](CC=C)(CC=C)CC=C)[CH2]C[Si](CC=C)(CC=C)CC=C. The second-order valence-corrected chi connectivity index (χ2v) is 48.6. The van der Waals surface area contributed by atoms with Crippen LogP contribution in [0.3, 0.4) is 0 Å². The zero-order valence-electron chi connectivity index (χ0n) is 32.1. The van der Waals surface area contributed by atoms with Gasteiger partial charge in [-0.1, -0.05) is 0 Å². The molecule has 0 saturated heterocycles. The summed E-state index contributed by atoms with van der Waals surface area (Å²) in [4.78, 5) is 0. The summed E-state index contributed by atoms with van der Waals surface area (Å²) in [6.07, 6.45) is 26.5. The van der Waals surface area contributed by atoms with Crippen LogP contribution in [0.4, 0.5) is 0 Å². The van der Waals surface area contributed by atoms with Crippen LogP contribution in [0.2, 0.25) is 114 Å². The van der Waals surface area contributed by atoms with Crippen molar-refractivity contribution in [3.63, 3.8) is 0 Å². The molecule has 272 valence electrons. The molecule has 0 heterocycles. The van der Waals surface area contributed by atoms with Gasteiger partial charge in [0.1, 0.15) is 0 Å². The fourth-order valence-corrected chi connectivity index (χ4v) is 65.4. The van der Waals surface area contributed by atoms with Gasteiger partial charge in [-0.25, -0.2) is 0 Å². The van der Waals surface area contributed by atoms with Gasteiger partial charge in [-0.3, -0.25) is 0 Å². The Morgan fingerprint density at radius 2 is 0.367 bits per heavy atom. The van der Waals surface area contributed by atoms with E-state index in [-0.39, 0.29) is 0 Å². The Morgan fingerprint density at radius 3 is 0.469 bits per heavy atom. The van der Waals surface area contributed by atoms with Crippen LogP contribution in [0.15, 0.2) is 152 Å². The summed E-state index contributed by atoms with van der Waals surface area (Å²) in [6.45, 7) is 51.1. The Labute approximate surface area is 314 Å². The van der Waals surface area contributed by atoms with E-state index in [9.17, 15) is 0 Å². The van der Waals surface area contributed by atoms with E-state index in [1.807, 2.05) is 0 Å². The van der Waals surface area contributed by atoms with Crippen LogP contribution in [0.25, 0.3) is 0 Å². The maximum absolute atomic E-state index is 4.26. The van der Waals surface area contributed by atoms with Gasteiger partial charge >= 0.3 is 317 Å². The van der Waals surface area contributed by atoms with Gasteiger partial charge in [-0.05, 0) is 0 Å². The molecule has 0 atom stereocenters. The van der Waals surface area contributed by atoms with Gasteiger partial charge in [-0.15, -0.1) is 0 Å². The van der Waals surface area contributed by atoms with E-state index in [0.717, 1.165) is 72.5 Å². The summed E-state index contributed by atoms with van der Waals surface area (Å²) in [6, 6.07) is 19.3. The predicted molar refractivity (Wildman–Crippen MR) is 247 cm³/mol. The van der Waals surface area contributed by atoms with Crippen molar-refractivity contribution in [2.75, 3.05) is 0 Å². The molecule has 0 spiro atoms. The molecule has 0 aromatic rings. The summed E-state index contributed by atoms with van der Waals surface area (Å²) in [5.41, 5.74) is 0. The molecule has 0 saturated carbocycles. The summed E-state index contributed by atoms with van der Waals surface area (Å²) in [7, 11) is -6.72. The molecule has 0 rings (SSSR count). The van der Waals surface area contributed by atoms with Crippen LogP contribution < -0.4 is 0 Å². The van der Waals surface area contributed by atoms with Crippen molar-refractivity contribution in [3.05, 3.63) is 152 Å². The second-order valence-electron chi connectivity index (χ2n) is 15.4. The van der Waals surface area contributed by atoms with Crippen molar-refractivity contribution < 1.29 is 0 Å². The average molecular weight is 836 g/mol. The molecule has 49 heavy (non-hydrogen) atoms. The van der Waals surface area contributed by atoms with Gasteiger partial charge in [0.25, 0.3) is 0 Å². The summed E-state index contributed by atoms with van der Waals surface area (Å²) in [5.74, 6) is 0. The Balaban J connectivity index is 7.57. The predicted octanol–water partition coefficient (Wildman–Crippen LogP) is 15.5. The van der Waals surface area contributed by atoms with Gasteiger partial charge in [0, 0.05) is 0 Å². The Hall–Kier alpha value is -1.45. The van der Waals surface area contributed by atoms with Crippen LogP contribution >= 0.6 is 0 Å². The third-order valence-electron chi connectivity index (χ3n) is 11.7. The van der Waals surface area contributed by atoms with Gasteiger partial charge < -0.3 is 0 Å². The van der Waals surface area contributed by atoms with E-state index in [4.69, 9.17) is 0 Å². The van der Waals surface area contributed by atoms with Gasteiger partial charge in [0.15, 0.2) is 0 Å². The van der Waals surface area contributed by atoms with E-state index in [2.05, 4.69) is 152 Å². The van der Waals surface area contributed by atoms with Crippen LogP contribution in [-0.2, 0) is 0 Å². The fourth-order valence-electron chi connectivity index (χ4n) is 8.77. The van der Waals surface area contributed by atoms with Crippen molar-refractivity contribution in [2.24, 2.45) is 0 Å². The molecule has 0 radical (unpaired) electrons. The van der Waals surface area contributed by atoms with Crippen molar-refractivity contribution in [3.8, 4) is 0 Å². The average Bonchev–Trinajstić information content (AvgIpc) is 3.06. The first-order valence-electron chi connectivity index (χ1n) is 18.9. The van der Waals surface area contributed by atoms with Crippen LogP contribution in [0.1, 0.15) is 0 Å². The van der Waals surface area contributed by atoms with E-state index in [1.165, 1.54) is 41.9 Å². The first kappa shape index (κ1) is 47.5. The summed E-state index contributed by atoms with van der Waals surface area (Å²) in [5, 5.41) is 0. The van der Waals surface area contributed by atoms with Crippen LogP contribution in [-0.4, -0.2) is 50.7 Å². The zero-order chi connectivity index (χ0) is 37.1. The Kier molecular flexibility index (Phi) is 25.6. The molecule has 0 bridgehead atoms. The maximum atomic E-state index is 4.26. The van der Waals surface area contributed by atoms with E-state index in [1.54, 1.807) is 0 Å². The zero-order valence-corrected chi connectivity index (χ0v) is 38.9. The number of rotatable bonds is 36. The third-order valence-corrected chi connectivity index (χ3v) is 51.4. The monoisotopic (exact) mass is 836 g/mol. The van der Waals surface area contributed by atoms with E-state index in [0.29, 0.717) is 0 Å². The molecule has 0 aromatic heterocycles. The molecule has 0 N–H and O–H groups in total. The van der Waals surface area contributed by atoms with Crippen molar-refractivity contribution in [1.82, 2.24) is 0 Å². The van der Waals surface area contributed by atoms with E-state index < -0.39 is 50.7 Å². The van der Waals surface area contributed by atoms with E-state index >= 15 is 0 Å².